The summed E-state index contributed by atoms with van der Waals surface area (Å²) in [6, 6.07) is 33.5. The average molecular weight is 898 g/mol. The first-order valence-corrected chi connectivity index (χ1v) is 20.2. The first kappa shape index (κ1) is 45.7. The Kier molecular flexibility index (Phi) is 14.2. The van der Waals surface area contributed by atoms with E-state index in [9.17, 15) is 0 Å². The molecule has 0 N–H and O–H groups in total. The summed E-state index contributed by atoms with van der Waals surface area (Å²) in [6.45, 7) is 32.2. The molecule has 0 fully saturated rings. The summed E-state index contributed by atoms with van der Waals surface area (Å²) in [5.41, 5.74) is 14.2. The van der Waals surface area contributed by atoms with Gasteiger partial charge in [-0.15, -0.1) is 34.2 Å². The molecule has 2 heteroatoms. The topological polar surface area (TPSA) is 0 Å². The van der Waals surface area contributed by atoms with Gasteiger partial charge < -0.3 is 21.8 Å². The van der Waals surface area contributed by atoms with Crippen molar-refractivity contribution in [2.75, 3.05) is 0 Å². The largest absolute Gasteiger partial charge is 4.00 e. The molecular weight excluding hydrogens is 831 g/mol. The minimum Gasteiger partial charge on any atom is -0.358 e. The fourth-order valence-corrected chi connectivity index (χ4v) is 9.00. The fourth-order valence-electron chi connectivity index (χ4n) is 7.53. The van der Waals surface area contributed by atoms with Gasteiger partial charge in [0.25, 0.3) is 0 Å². The van der Waals surface area contributed by atoms with Gasteiger partial charge in [0, 0.05) is 5.92 Å². The molecule has 0 aliphatic heterocycles. The summed E-state index contributed by atoms with van der Waals surface area (Å²) in [7, 11) is 0.632. The van der Waals surface area contributed by atoms with Gasteiger partial charge in [0.2, 0.25) is 0 Å². The van der Waals surface area contributed by atoms with Crippen LogP contribution >= 0.6 is 0 Å². The number of unbranched alkanes of at least 4 members (excludes halogenated alkanes) is 1. The zero-order chi connectivity index (χ0) is 37.1. The number of allylic oxidation sites excluding steroid dienone is 1. The van der Waals surface area contributed by atoms with Gasteiger partial charge >= 0.3 is 25.8 Å². The van der Waals surface area contributed by atoms with Crippen LogP contribution in [0.5, 0.6) is 0 Å². The summed E-state index contributed by atoms with van der Waals surface area (Å²) >= 11 is 0. The van der Waals surface area contributed by atoms with E-state index in [2.05, 4.69) is 181 Å². The van der Waals surface area contributed by atoms with Gasteiger partial charge in [-0.3, -0.25) is 0 Å². The first-order valence-electron chi connectivity index (χ1n) is 19.2. The summed E-state index contributed by atoms with van der Waals surface area (Å²) < 4.78 is 0. The summed E-state index contributed by atoms with van der Waals surface area (Å²) in [5, 5.41) is 5.71. The summed E-state index contributed by atoms with van der Waals surface area (Å²) in [5.74, 6) is 0.434. The molecule has 0 heterocycles. The Labute approximate surface area is 352 Å². The Morgan fingerprint density at radius 3 is 1.56 bits per heavy atom. The monoisotopic (exact) mass is 898 g/mol. The van der Waals surface area contributed by atoms with E-state index < -0.39 is 0 Å². The molecule has 0 amide bonds. The maximum Gasteiger partial charge on any atom is 4.00 e. The van der Waals surface area contributed by atoms with Crippen LogP contribution in [0.3, 0.4) is 0 Å². The number of benzene rings is 4. The molecular formula is C52H66HfSi. The Hall–Kier alpha value is -2.68. The molecule has 6 rings (SSSR count). The quantitative estimate of drug-likeness (QED) is 0.113. The Morgan fingerprint density at radius 2 is 1.07 bits per heavy atom. The standard InChI is InChI=1S/C50H60Si.2CH3.Hf/c1-14-15-19-43-42-22-17-21-41(34-25-37(49(8,9)10)29-38(26-34)50(11,12)13)45(42)31-46(43)51-39-27-32-18-16-20-40(44(32)30-39)33-23-35(47(2,3)4)28-36(24-33)48(5,6)7;;;/h16-18,20-31,43H,1,14-15,19H2,2-13H3;2*1H3;/q-2;2*-1;+4. The molecule has 0 bridgehead atoms. The van der Waals surface area contributed by atoms with Gasteiger partial charge in [-0.1, -0.05) is 167 Å². The van der Waals surface area contributed by atoms with Crippen molar-refractivity contribution in [3.63, 3.8) is 0 Å². The summed E-state index contributed by atoms with van der Waals surface area (Å²) in [6.07, 6.45) is 5.82. The third-order valence-electron chi connectivity index (χ3n) is 10.9. The maximum atomic E-state index is 4.23. The van der Waals surface area contributed by atoms with Crippen LogP contribution in [0.4, 0.5) is 0 Å². The van der Waals surface area contributed by atoms with Crippen molar-refractivity contribution in [1.82, 2.24) is 0 Å². The molecule has 0 saturated heterocycles. The van der Waals surface area contributed by atoms with Crippen molar-refractivity contribution >= 4 is 31.6 Å². The van der Waals surface area contributed by atoms with E-state index in [1.165, 1.54) is 71.6 Å². The van der Waals surface area contributed by atoms with Crippen molar-refractivity contribution in [3.05, 3.63) is 145 Å². The molecule has 5 aromatic rings. The maximum absolute atomic E-state index is 4.23. The number of hydrogen-bond donors (Lipinski definition) is 0. The van der Waals surface area contributed by atoms with Crippen LogP contribution in [0, 0.1) is 21.8 Å². The van der Waals surface area contributed by atoms with Crippen LogP contribution in [0.1, 0.15) is 142 Å². The van der Waals surface area contributed by atoms with Crippen LogP contribution in [0.2, 0.25) is 0 Å². The smallest absolute Gasteiger partial charge is 0.358 e. The van der Waals surface area contributed by atoms with Crippen LogP contribution < -0.4 is 5.19 Å². The van der Waals surface area contributed by atoms with Crippen molar-refractivity contribution in [2.45, 2.75) is 130 Å². The van der Waals surface area contributed by atoms with E-state index >= 15 is 0 Å². The molecule has 1 aliphatic carbocycles. The van der Waals surface area contributed by atoms with Gasteiger partial charge in [0.1, 0.15) is 0 Å². The molecule has 0 saturated carbocycles. The van der Waals surface area contributed by atoms with Crippen molar-refractivity contribution in [1.29, 1.82) is 0 Å². The van der Waals surface area contributed by atoms with Crippen LogP contribution in [0.15, 0.2) is 90.1 Å². The molecule has 1 atom stereocenters. The first-order chi connectivity index (χ1) is 23.7. The predicted octanol–water partition coefficient (Wildman–Crippen LogP) is 14.5. The summed E-state index contributed by atoms with van der Waals surface area (Å²) in [4.78, 5) is 0. The van der Waals surface area contributed by atoms with Crippen LogP contribution in [0.25, 0.3) is 39.1 Å². The van der Waals surface area contributed by atoms with Crippen molar-refractivity contribution < 1.29 is 25.8 Å². The van der Waals surface area contributed by atoms with E-state index in [0.29, 0.717) is 15.4 Å². The molecule has 54 heavy (non-hydrogen) atoms. The second kappa shape index (κ2) is 16.8. The third-order valence-corrected chi connectivity index (χ3v) is 12.3. The zero-order valence-corrected chi connectivity index (χ0v) is 40.7. The van der Waals surface area contributed by atoms with E-state index in [1.54, 1.807) is 5.20 Å². The minimum atomic E-state index is 0. The number of fused-ring (bicyclic) bond motifs is 2. The van der Waals surface area contributed by atoms with Crippen LogP contribution in [-0.2, 0) is 47.5 Å². The molecule has 5 aromatic carbocycles. The molecule has 1 aliphatic rings. The number of rotatable bonds is 7. The van der Waals surface area contributed by atoms with Gasteiger partial charge in [-0.05, 0) is 78.2 Å². The van der Waals surface area contributed by atoms with E-state index in [-0.39, 0.29) is 62.4 Å². The predicted molar refractivity (Wildman–Crippen MR) is 240 cm³/mol. The second-order valence-electron chi connectivity index (χ2n) is 19.2. The fraction of sp³-hybridized carbons (Fsp3) is 0.385. The molecule has 282 valence electrons. The molecule has 1 unspecified atom stereocenters. The van der Waals surface area contributed by atoms with Gasteiger partial charge in [0.15, 0.2) is 0 Å². The average Bonchev–Trinajstić information content (AvgIpc) is 3.62. The molecule has 0 nitrogen and oxygen atoms in total. The van der Waals surface area contributed by atoms with Crippen LogP contribution in [-0.4, -0.2) is 9.52 Å². The van der Waals surface area contributed by atoms with E-state index in [4.69, 9.17) is 0 Å². The van der Waals surface area contributed by atoms with E-state index in [1.807, 2.05) is 0 Å². The Bertz CT molecular complexity index is 2030. The Balaban J connectivity index is 0.00000261. The second-order valence-corrected chi connectivity index (χ2v) is 20.6. The number of hydrogen-bond acceptors (Lipinski definition) is 0. The normalized spacial score (nSPS) is 14.5. The Morgan fingerprint density at radius 1 is 0.611 bits per heavy atom. The van der Waals surface area contributed by atoms with Gasteiger partial charge in [0.05, 0.1) is 9.52 Å². The van der Waals surface area contributed by atoms with Gasteiger partial charge in [-0.2, -0.15) is 12.5 Å². The third kappa shape index (κ3) is 9.63. The van der Waals surface area contributed by atoms with Gasteiger partial charge in [-0.25, -0.2) is 0 Å². The minimum absolute atomic E-state index is 0. The van der Waals surface area contributed by atoms with Crippen molar-refractivity contribution in [2.24, 2.45) is 0 Å². The molecule has 0 aromatic heterocycles. The SMILES string of the molecule is [CH2-]CCCC1C([Si]c2cc3c(-c4cc(C(C)(C)C)cc(C(C)(C)C)c4)cccc3[cH-]2)=Cc2c(-c3cc(C(C)(C)C)cc(C(C)(C)C)c3)cccc21.[CH3-].[CH3-].[Hf+4]. The van der Waals surface area contributed by atoms with E-state index in [0.717, 1.165) is 19.3 Å². The van der Waals surface area contributed by atoms with Crippen molar-refractivity contribution in [3.8, 4) is 22.3 Å². The molecule has 2 radical (unpaired) electrons. The zero-order valence-electron chi connectivity index (χ0n) is 36.1. The molecule has 0 spiro atoms.